The second-order valence-electron chi connectivity index (χ2n) is 8.44. The molecular formula is C26H32N2O3. The zero-order valence-corrected chi connectivity index (χ0v) is 18.8. The van der Waals surface area contributed by atoms with Gasteiger partial charge in [-0.1, -0.05) is 18.6 Å². The highest BCUT2D eigenvalue weighted by atomic mass is 16.5. The van der Waals surface area contributed by atoms with Crippen molar-refractivity contribution in [1.82, 2.24) is 4.90 Å². The summed E-state index contributed by atoms with van der Waals surface area (Å²) in [4.78, 5) is 17.8. The van der Waals surface area contributed by atoms with Crippen LogP contribution in [0.1, 0.15) is 60.2 Å². The highest BCUT2D eigenvalue weighted by Crippen LogP contribution is 2.42. The van der Waals surface area contributed by atoms with Gasteiger partial charge in [-0.3, -0.25) is 9.69 Å². The van der Waals surface area contributed by atoms with Crippen LogP contribution < -0.4 is 9.64 Å². The predicted molar refractivity (Wildman–Crippen MR) is 125 cm³/mol. The zero-order valence-electron chi connectivity index (χ0n) is 18.8. The number of carbonyl (C=O) groups is 1. The largest absolute Gasteiger partial charge is 0.507 e. The van der Waals surface area contributed by atoms with Crippen LogP contribution >= 0.6 is 0 Å². The average Bonchev–Trinajstić information content (AvgIpc) is 3.10. The van der Waals surface area contributed by atoms with Gasteiger partial charge in [-0.2, -0.15) is 0 Å². The highest BCUT2D eigenvalue weighted by Gasteiger charge is 2.33. The van der Waals surface area contributed by atoms with E-state index < -0.39 is 0 Å². The van der Waals surface area contributed by atoms with Crippen molar-refractivity contribution < 1.29 is 14.6 Å². The molecule has 5 nitrogen and oxygen atoms in total. The molecule has 5 heteroatoms. The Balaban J connectivity index is 1.62. The number of phenols is 1. The van der Waals surface area contributed by atoms with E-state index in [0.717, 1.165) is 42.9 Å². The zero-order chi connectivity index (χ0) is 22.0. The smallest absolute Gasteiger partial charge is 0.232 e. The third-order valence-corrected chi connectivity index (χ3v) is 6.37. The number of hydrogen-bond donors (Lipinski definition) is 1. The number of Topliss-reactive ketones (excluding diaryl/α,β-unsaturated/α-hetero) is 1. The minimum atomic E-state index is -0.111. The second-order valence-corrected chi connectivity index (χ2v) is 8.44. The van der Waals surface area contributed by atoms with Gasteiger partial charge >= 0.3 is 0 Å². The maximum Gasteiger partial charge on any atom is 0.232 e. The van der Waals surface area contributed by atoms with Gasteiger partial charge in [0.1, 0.15) is 11.5 Å². The summed E-state index contributed by atoms with van der Waals surface area (Å²) in [5.74, 6) is 0.943. The van der Waals surface area contributed by atoms with Crippen molar-refractivity contribution in [3.05, 3.63) is 58.3 Å². The van der Waals surface area contributed by atoms with Crippen LogP contribution in [0.15, 0.2) is 36.1 Å². The molecule has 0 aromatic heterocycles. The van der Waals surface area contributed by atoms with Crippen LogP contribution in [-0.2, 0) is 6.54 Å². The van der Waals surface area contributed by atoms with Crippen molar-refractivity contribution >= 4 is 17.5 Å². The summed E-state index contributed by atoms with van der Waals surface area (Å²) in [6, 6.07) is 9.87. The van der Waals surface area contributed by atoms with Crippen molar-refractivity contribution in [1.29, 1.82) is 0 Å². The quantitative estimate of drug-likeness (QED) is 0.655. The number of carbonyl (C=O) groups excluding carboxylic acids is 1. The Hall–Kier alpha value is -2.79. The lowest BCUT2D eigenvalue weighted by Crippen LogP contribution is -2.29. The molecule has 0 spiro atoms. The normalized spacial score (nSPS) is 17.6. The summed E-state index contributed by atoms with van der Waals surface area (Å²) < 4.78 is 6.09. The molecule has 0 radical (unpaired) electrons. The lowest BCUT2D eigenvalue weighted by molar-refractivity contribution is 0.101. The average molecular weight is 421 g/mol. The van der Waals surface area contributed by atoms with Crippen LogP contribution in [-0.4, -0.2) is 42.0 Å². The van der Waals surface area contributed by atoms with Crippen molar-refractivity contribution in [3.8, 4) is 11.5 Å². The van der Waals surface area contributed by atoms with Gasteiger partial charge < -0.3 is 14.7 Å². The van der Waals surface area contributed by atoms with Crippen LogP contribution in [0, 0.1) is 6.92 Å². The van der Waals surface area contributed by atoms with Gasteiger partial charge in [0.2, 0.25) is 5.78 Å². The van der Waals surface area contributed by atoms with E-state index in [-0.39, 0.29) is 11.5 Å². The number of anilines is 1. The molecule has 0 aliphatic carbocycles. The van der Waals surface area contributed by atoms with E-state index in [2.05, 4.69) is 35.8 Å². The Morgan fingerprint density at radius 2 is 1.77 bits per heavy atom. The molecule has 31 heavy (non-hydrogen) atoms. The van der Waals surface area contributed by atoms with E-state index in [1.807, 2.05) is 19.1 Å². The number of aromatic hydroxyl groups is 1. The summed E-state index contributed by atoms with van der Waals surface area (Å²) in [5, 5.41) is 10.6. The number of aryl methyl sites for hydroxylation is 1. The van der Waals surface area contributed by atoms with Gasteiger partial charge in [-0.25, -0.2) is 0 Å². The number of hydrogen-bond acceptors (Lipinski definition) is 5. The van der Waals surface area contributed by atoms with Crippen LogP contribution in [0.4, 0.5) is 5.69 Å². The van der Waals surface area contributed by atoms with Gasteiger partial charge in [-0.05, 0) is 82.1 Å². The van der Waals surface area contributed by atoms with Gasteiger partial charge in [0, 0.05) is 25.3 Å². The van der Waals surface area contributed by atoms with Gasteiger partial charge in [0.15, 0.2) is 5.76 Å². The van der Waals surface area contributed by atoms with Crippen molar-refractivity contribution in [2.45, 2.75) is 46.6 Å². The predicted octanol–water partition coefficient (Wildman–Crippen LogP) is 5.15. The van der Waals surface area contributed by atoms with Crippen LogP contribution in [0.25, 0.3) is 6.08 Å². The number of ketones is 1. The first kappa shape index (κ1) is 21.4. The summed E-state index contributed by atoms with van der Waals surface area (Å²) in [7, 11) is 0. The third kappa shape index (κ3) is 4.33. The molecule has 1 N–H and O–H groups in total. The SMILES string of the molecule is CCN(CC)c1ccc(/C=C2\Oc3c(CN4CCCCC4)c(O)cc(C)c3C2=O)cc1. The van der Waals surface area contributed by atoms with Crippen LogP contribution in [0.3, 0.4) is 0 Å². The van der Waals surface area contributed by atoms with Crippen LogP contribution in [0.2, 0.25) is 0 Å². The molecular weight excluding hydrogens is 388 g/mol. The number of likely N-dealkylation sites (tertiary alicyclic amines) is 1. The molecule has 1 fully saturated rings. The lowest BCUT2D eigenvalue weighted by Gasteiger charge is -2.27. The molecule has 2 aromatic rings. The Bertz CT molecular complexity index is 985. The highest BCUT2D eigenvalue weighted by molar-refractivity contribution is 6.15. The molecule has 2 heterocycles. The summed E-state index contributed by atoms with van der Waals surface area (Å²) in [5.41, 5.74) is 4.14. The van der Waals surface area contributed by atoms with Gasteiger partial charge in [0.05, 0.1) is 11.1 Å². The summed E-state index contributed by atoms with van der Waals surface area (Å²) in [6.45, 7) is 10.7. The van der Waals surface area contributed by atoms with Crippen molar-refractivity contribution in [3.63, 3.8) is 0 Å². The molecule has 2 aliphatic rings. The third-order valence-electron chi connectivity index (χ3n) is 6.37. The van der Waals surface area contributed by atoms with E-state index in [1.165, 1.54) is 24.9 Å². The minimum absolute atomic E-state index is 0.111. The molecule has 1 saturated heterocycles. The molecule has 0 unspecified atom stereocenters. The Morgan fingerprint density at radius 3 is 2.42 bits per heavy atom. The number of nitrogens with zero attached hydrogens (tertiary/aromatic N) is 2. The molecule has 2 aromatic carbocycles. The van der Waals surface area contributed by atoms with E-state index >= 15 is 0 Å². The van der Waals surface area contributed by atoms with Gasteiger partial charge in [-0.15, -0.1) is 0 Å². The lowest BCUT2D eigenvalue weighted by atomic mass is 9.98. The number of ether oxygens (including phenoxy) is 1. The first-order valence-electron chi connectivity index (χ1n) is 11.4. The van der Waals surface area contributed by atoms with Crippen molar-refractivity contribution in [2.24, 2.45) is 0 Å². The van der Waals surface area contributed by atoms with Crippen LogP contribution in [0.5, 0.6) is 11.5 Å². The fraction of sp³-hybridized carbons (Fsp3) is 0.423. The topological polar surface area (TPSA) is 53.0 Å². The fourth-order valence-electron chi connectivity index (χ4n) is 4.60. The first-order valence-corrected chi connectivity index (χ1v) is 11.4. The standard InChI is InChI=1S/C26H32N2O3/c1-4-28(5-2)20-11-9-19(10-12-20)16-23-25(30)24-18(3)15-22(29)21(26(24)31-23)17-27-13-7-6-8-14-27/h9-12,15-16,29H,4-8,13-14,17H2,1-3H3/b23-16-. The molecule has 0 bridgehead atoms. The monoisotopic (exact) mass is 420 g/mol. The van der Waals surface area contributed by atoms with E-state index in [0.29, 0.717) is 23.6 Å². The van der Waals surface area contributed by atoms with E-state index in [9.17, 15) is 9.90 Å². The fourth-order valence-corrected chi connectivity index (χ4v) is 4.60. The molecule has 164 valence electrons. The summed E-state index contributed by atoms with van der Waals surface area (Å²) in [6.07, 6.45) is 5.39. The number of allylic oxidation sites excluding steroid dienone is 1. The first-order chi connectivity index (χ1) is 15.0. The van der Waals surface area contributed by atoms with Gasteiger partial charge in [0.25, 0.3) is 0 Å². The number of benzene rings is 2. The molecule has 0 amide bonds. The number of fused-ring (bicyclic) bond motifs is 1. The molecule has 0 saturated carbocycles. The Morgan fingerprint density at radius 1 is 1.10 bits per heavy atom. The van der Waals surface area contributed by atoms with Crippen molar-refractivity contribution in [2.75, 3.05) is 31.1 Å². The number of rotatable bonds is 6. The van der Waals surface area contributed by atoms with E-state index in [1.54, 1.807) is 12.1 Å². The molecule has 4 rings (SSSR count). The van der Waals surface area contributed by atoms with E-state index in [4.69, 9.17) is 4.74 Å². The number of phenolic OH excluding ortho intramolecular Hbond substituents is 1. The Kier molecular flexibility index (Phi) is 6.33. The minimum Gasteiger partial charge on any atom is -0.507 e. The second kappa shape index (κ2) is 9.15. The summed E-state index contributed by atoms with van der Waals surface area (Å²) >= 11 is 0. The maximum atomic E-state index is 13.1. The molecule has 0 atom stereocenters. The molecule has 2 aliphatic heterocycles. The maximum absolute atomic E-state index is 13.1. The Labute approximate surface area is 184 Å². The number of piperidine rings is 1.